The van der Waals surface area contributed by atoms with Crippen LogP contribution >= 0.6 is 0 Å². The van der Waals surface area contributed by atoms with Crippen molar-refractivity contribution < 1.29 is 52.3 Å². The van der Waals surface area contributed by atoms with Crippen molar-refractivity contribution in [2.24, 2.45) is 0 Å². The van der Waals surface area contributed by atoms with E-state index in [2.05, 4.69) is 18.4 Å². The van der Waals surface area contributed by atoms with Crippen LogP contribution in [0.3, 0.4) is 0 Å². The molecule has 0 unspecified atom stereocenters. The molecule has 7 nitrogen and oxygen atoms in total. The van der Waals surface area contributed by atoms with Gasteiger partial charge in [0.1, 0.15) is 18.8 Å². The number of aromatic nitrogens is 1. The molecule has 0 N–H and O–H groups in total. The van der Waals surface area contributed by atoms with Gasteiger partial charge in [-0.3, -0.25) is 14.5 Å². The van der Waals surface area contributed by atoms with E-state index in [1.165, 1.54) is 76.2 Å². The Balaban J connectivity index is 0.00000768. The van der Waals surface area contributed by atoms with Crippen molar-refractivity contribution in [3.05, 3.63) is 83.7 Å². The molecule has 0 radical (unpaired) electrons. The van der Waals surface area contributed by atoms with Crippen LogP contribution in [-0.2, 0) is 13.1 Å². The number of carbonyl (C=O) groups excluding carboxylic acids is 2. The molecule has 1 aromatic heterocycles. The van der Waals surface area contributed by atoms with Gasteiger partial charge in [0.25, 0.3) is 11.8 Å². The monoisotopic (exact) mass is 758 g/mol. The normalized spacial score (nSPS) is 10.6. The number of amides is 2. The largest absolute Gasteiger partial charge is 1.00 e. The molecule has 2 amide bonds. The predicted octanol–water partition coefficient (Wildman–Crippen LogP) is 5.97. The molecule has 0 spiro atoms. The summed E-state index contributed by atoms with van der Waals surface area (Å²) in [7, 11) is 3.11. The van der Waals surface area contributed by atoms with Gasteiger partial charge in [-0.2, -0.15) is 0 Å². The summed E-state index contributed by atoms with van der Waals surface area (Å²) in [5, 5.41) is 0. The van der Waals surface area contributed by atoms with E-state index in [1.807, 2.05) is 24.4 Å². The maximum Gasteiger partial charge on any atom is 0.265 e. The van der Waals surface area contributed by atoms with Gasteiger partial charge in [-0.25, -0.2) is 4.57 Å². The Morgan fingerprint density at radius 1 is 0.660 bits per heavy atom. The second-order valence-electron chi connectivity index (χ2n) is 11.9. The van der Waals surface area contributed by atoms with Crippen molar-refractivity contribution in [1.29, 1.82) is 0 Å². The minimum atomic E-state index is -0.427. The Hall–Kier alpha value is -3.14. The molecule has 0 saturated carbocycles. The second kappa shape index (κ2) is 23.2. The summed E-state index contributed by atoms with van der Waals surface area (Å²) < 4.78 is 19.2. The second-order valence-corrected chi connectivity index (χ2v) is 11.9. The predicted molar refractivity (Wildman–Crippen MR) is 184 cm³/mol. The third-order valence-electron chi connectivity index (χ3n) is 8.31. The number of imide groups is 1. The van der Waals surface area contributed by atoms with Crippen molar-refractivity contribution in [2.45, 2.75) is 110 Å². The van der Waals surface area contributed by atoms with Crippen LogP contribution in [0.25, 0.3) is 0 Å². The van der Waals surface area contributed by atoms with Gasteiger partial charge < -0.3 is 38.2 Å². The molecule has 3 rings (SSSR count). The van der Waals surface area contributed by atoms with E-state index in [-0.39, 0.29) is 30.5 Å². The zero-order chi connectivity index (χ0) is 33.0. The fraction of sp³-hybridized carbons (Fsp3) is 0.513. The van der Waals surface area contributed by atoms with Gasteiger partial charge in [0.15, 0.2) is 17.7 Å². The number of benzene rings is 2. The average Bonchev–Trinajstić information content (AvgIpc) is 3.09. The maximum absolute atomic E-state index is 14.1. The van der Waals surface area contributed by atoms with Gasteiger partial charge in [-0.1, -0.05) is 103 Å². The fourth-order valence-electron chi connectivity index (χ4n) is 5.68. The lowest BCUT2D eigenvalue weighted by Gasteiger charge is -2.22. The summed E-state index contributed by atoms with van der Waals surface area (Å²) in [4.78, 5) is 29.4. The van der Waals surface area contributed by atoms with Crippen molar-refractivity contribution >= 4 is 11.8 Å². The Morgan fingerprint density at radius 3 is 1.91 bits per heavy atom. The number of nitrogens with zero attached hydrogens (tertiary/aromatic N) is 2. The summed E-state index contributed by atoms with van der Waals surface area (Å²) >= 11 is 0. The SMILES string of the molecule is CCCCCCCCCCCCCCOc1cc(C(=O)N(Cc2cccc[n+]2CCC)C(=O)c2ccccc2OC)ccc1OC.[I-]. The summed E-state index contributed by atoms with van der Waals surface area (Å²) in [5.41, 5.74) is 1.54. The van der Waals surface area contributed by atoms with Crippen LogP contribution in [-0.4, -0.2) is 37.5 Å². The van der Waals surface area contributed by atoms with Crippen LogP contribution < -0.4 is 42.8 Å². The molecule has 0 aliphatic carbocycles. The molecule has 258 valence electrons. The Labute approximate surface area is 300 Å². The number of rotatable bonds is 22. The molecule has 0 aliphatic rings. The van der Waals surface area contributed by atoms with Crippen LogP contribution in [0, 0.1) is 0 Å². The number of carbonyl (C=O) groups is 2. The Kier molecular flexibility index (Phi) is 19.8. The highest BCUT2D eigenvalue weighted by Crippen LogP contribution is 2.30. The molecule has 0 fully saturated rings. The molecule has 0 saturated heterocycles. The summed E-state index contributed by atoms with van der Waals surface area (Å²) in [6.45, 7) is 5.79. The van der Waals surface area contributed by atoms with E-state index in [1.54, 1.807) is 49.6 Å². The van der Waals surface area contributed by atoms with Crippen LogP contribution in [0.2, 0.25) is 0 Å². The van der Waals surface area contributed by atoms with E-state index in [9.17, 15) is 9.59 Å². The third-order valence-corrected chi connectivity index (χ3v) is 8.31. The van der Waals surface area contributed by atoms with Gasteiger partial charge in [0.05, 0.1) is 26.4 Å². The van der Waals surface area contributed by atoms with Gasteiger partial charge >= 0.3 is 0 Å². The van der Waals surface area contributed by atoms with Crippen molar-refractivity contribution in [3.63, 3.8) is 0 Å². The van der Waals surface area contributed by atoms with Crippen LogP contribution in [0.5, 0.6) is 17.2 Å². The first-order valence-corrected chi connectivity index (χ1v) is 17.3. The molecule has 3 aromatic rings. The van der Waals surface area contributed by atoms with Gasteiger partial charge in [-0.15, -0.1) is 0 Å². The third kappa shape index (κ3) is 13.1. The quantitative estimate of drug-likeness (QED) is 0.0548. The topological polar surface area (TPSA) is 69.0 Å². The highest BCUT2D eigenvalue weighted by molar-refractivity contribution is 6.11. The molecule has 1 heterocycles. The zero-order valence-electron chi connectivity index (χ0n) is 29.0. The van der Waals surface area contributed by atoms with E-state index in [0.717, 1.165) is 31.5 Å². The minimum Gasteiger partial charge on any atom is -1.00 e. The van der Waals surface area contributed by atoms with Crippen molar-refractivity contribution in [3.8, 4) is 17.2 Å². The van der Waals surface area contributed by atoms with Gasteiger partial charge in [0, 0.05) is 24.1 Å². The maximum atomic E-state index is 14.1. The van der Waals surface area contributed by atoms with Crippen molar-refractivity contribution in [1.82, 2.24) is 4.90 Å². The summed E-state index contributed by atoms with van der Waals surface area (Å²) in [6.07, 6.45) is 18.2. The van der Waals surface area contributed by atoms with Crippen molar-refractivity contribution in [2.75, 3.05) is 20.8 Å². The fourth-order valence-corrected chi connectivity index (χ4v) is 5.68. The molecular weight excluding hydrogens is 703 g/mol. The average molecular weight is 759 g/mol. The minimum absolute atomic E-state index is 0. The molecular formula is C39H55IN2O5. The highest BCUT2D eigenvalue weighted by Gasteiger charge is 2.30. The standard InChI is InChI=1S/C39H55N2O5.HI/c1-5-7-8-9-10-11-12-13-14-15-16-21-29-46-37-30-32(25-26-36(37)45-4)38(42)41(31-33-22-19-20-28-40(33)27-6-2)39(43)34-23-17-18-24-35(34)44-3;/h17-20,22-26,28,30H,5-16,21,27,29,31H2,1-4H3;1H/q+1;/p-1. The first kappa shape index (κ1) is 40.0. The number of unbranched alkanes of at least 4 members (excludes halogenated alkanes) is 11. The van der Waals surface area contributed by atoms with E-state index < -0.39 is 11.8 Å². The molecule has 0 aliphatic heterocycles. The lowest BCUT2D eigenvalue weighted by Crippen LogP contribution is -3.00. The Bertz CT molecular complexity index is 1350. The number of halogens is 1. The van der Waals surface area contributed by atoms with E-state index in [0.29, 0.717) is 35.0 Å². The smallest absolute Gasteiger partial charge is 0.265 e. The number of methoxy groups -OCH3 is 2. The summed E-state index contributed by atoms with van der Waals surface area (Å²) in [6, 6.07) is 17.9. The molecule has 0 atom stereocenters. The zero-order valence-corrected chi connectivity index (χ0v) is 31.1. The van der Waals surface area contributed by atoms with Crippen LogP contribution in [0.1, 0.15) is 124 Å². The van der Waals surface area contributed by atoms with E-state index >= 15 is 0 Å². The lowest BCUT2D eigenvalue weighted by molar-refractivity contribution is -0.704. The van der Waals surface area contributed by atoms with Crippen LogP contribution in [0.15, 0.2) is 66.9 Å². The first-order valence-electron chi connectivity index (χ1n) is 17.3. The lowest BCUT2D eigenvalue weighted by atomic mass is 10.1. The van der Waals surface area contributed by atoms with Crippen LogP contribution in [0.4, 0.5) is 0 Å². The Morgan fingerprint density at radius 2 is 1.28 bits per heavy atom. The van der Waals surface area contributed by atoms with E-state index in [4.69, 9.17) is 14.2 Å². The van der Waals surface area contributed by atoms with Gasteiger partial charge in [0.2, 0.25) is 5.69 Å². The number of pyridine rings is 1. The number of aryl methyl sites for hydroxylation is 1. The number of hydrogen-bond donors (Lipinski definition) is 0. The molecule has 8 heteroatoms. The molecule has 0 bridgehead atoms. The highest BCUT2D eigenvalue weighted by atomic mass is 127. The number of ether oxygens (including phenoxy) is 3. The molecule has 47 heavy (non-hydrogen) atoms. The number of para-hydroxylation sites is 1. The van der Waals surface area contributed by atoms with Gasteiger partial charge in [-0.05, 0) is 36.8 Å². The summed E-state index contributed by atoms with van der Waals surface area (Å²) in [5.74, 6) is 0.634. The first-order chi connectivity index (χ1) is 22.5. The number of hydrogen-bond acceptors (Lipinski definition) is 5. The molecule has 2 aromatic carbocycles.